The molecule has 0 spiro atoms. The van der Waals surface area contributed by atoms with Gasteiger partial charge in [-0.05, 0) is 55.5 Å². The Morgan fingerprint density at radius 1 is 1.05 bits per heavy atom. The third-order valence-corrected chi connectivity index (χ3v) is 5.94. The molecule has 0 unspecified atom stereocenters. The first-order chi connectivity index (χ1) is 18.9. The molecule has 40 heavy (non-hydrogen) atoms. The number of anilines is 3. The Morgan fingerprint density at radius 2 is 1.75 bits per heavy atom. The average Bonchev–Trinajstić information content (AvgIpc) is 2.86. The van der Waals surface area contributed by atoms with E-state index >= 15 is 0 Å². The van der Waals surface area contributed by atoms with E-state index in [-0.39, 0.29) is 41.7 Å². The van der Waals surface area contributed by atoms with Crippen molar-refractivity contribution in [3.63, 3.8) is 0 Å². The van der Waals surface area contributed by atoms with Gasteiger partial charge in [-0.15, -0.1) is 0 Å². The second-order valence-electron chi connectivity index (χ2n) is 8.21. The molecule has 3 aromatic carbocycles. The summed E-state index contributed by atoms with van der Waals surface area (Å²) < 4.78 is 36.5. The van der Waals surface area contributed by atoms with Gasteiger partial charge in [0.05, 0.1) is 17.9 Å². The Labute approximate surface area is 235 Å². The van der Waals surface area contributed by atoms with Gasteiger partial charge < -0.3 is 30.9 Å². The molecule has 0 aliphatic rings. The molecule has 0 fully saturated rings. The maximum Gasteiger partial charge on any atom is 0.341 e. The zero-order valence-corrected chi connectivity index (χ0v) is 22.7. The lowest BCUT2D eigenvalue weighted by molar-refractivity contribution is -0.139. The van der Waals surface area contributed by atoms with Crippen molar-refractivity contribution in [2.75, 3.05) is 28.6 Å². The summed E-state index contributed by atoms with van der Waals surface area (Å²) in [5.41, 5.74) is 7.31. The zero-order chi connectivity index (χ0) is 29.4. The smallest absolute Gasteiger partial charge is 0.341 e. The first-order valence-electron chi connectivity index (χ1n) is 11.6. The molecule has 0 saturated carbocycles. The molecule has 15 heteroatoms. The highest BCUT2D eigenvalue weighted by Gasteiger charge is 2.19. The second-order valence-corrected chi connectivity index (χ2v) is 9.94. The normalized spacial score (nSPS) is 10.9. The number of nitrogen functional groups attached to an aromatic ring is 1. The van der Waals surface area contributed by atoms with Gasteiger partial charge in [0.2, 0.25) is 0 Å². The highest BCUT2D eigenvalue weighted by molar-refractivity contribution is 7.90. The van der Waals surface area contributed by atoms with E-state index in [4.69, 9.17) is 42.5 Å². The molecule has 0 atom stereocenters. The number of carboxylic acids is 1. The van der Waals surface area contributed by atoms with Crippen molar-refractivity contribution in [2.24, 2.45) is 10.9 Å². The topological polar surface area (TPSA) is 219 Å². The SMILES string of the molecule is CCOc1cc(NS(N)(=O)=O)cc(CNc2ccc(Cl)cc2C(=O)Nc2ccc(C(=N)N)cc2)c1OCC(=O)O. The van der Waals surface area contributed by atoms with Crippen LogP contribution >= 0.6 is 11.6 Å². The van der Waals surface area contributed by atoms with Crippen molar-refractivity contribution in [3.8, 4) is 11.5 Å². The van der Waals surface area contributed by atoms with Crippen LogP contribution in [0.4, 0.5) is 17.1 Å². The van der Waals surface area contributed by atoms with Crippen LogP contribution in [0, 0.1) is 5.41 Å². The number of amidine groups is 1. The van der Waals surface area contributed by atoms with Crippen LogP contribution in [-0.4, -0.2) is 44.5 Å². The Hall–Kier alpha value is -4.53. The van der Waals surface area contributed by atoms with Crippen LogP contribution in [0.1, 0.15) is 28.4 Å². The number of nitrogens with one attached hydrogen (secondary N) is 4. The summed E-state index contributed by atoms with van der Waals surface area (Å²) in [4.78, 5) is 24.3. The number of amides is 1. The van der Waals surface area contributed by atoms with Gasteiger partial charge in [0.1, 0.15) is 5.84 Å². The van der Waals surface area contributed by atoms with Gasteiger partial charge in [-0.1, -0.05) is 11.6 Å². The fourth-order valence-corrected chi connectivity index (χ4v) is 4.17. The molecule has 9 N–H and O–H groups in total. The van der Waals surface area contributed by atoms with Gasteiger partial charge in [0, 0.05) is 40.1 Å². The molecule has 3 rings (SSSR count). The van der Waals surface area contributed by atoms with Crippen LogP contribution in [0.25, 0.3) is 0 Å². The predicted molar refractivity (Wildman–Crippen MR) is 152 cm³/mol. The monoisotopic (exact) mass is 590 g/mol. The number of aliphatic carboxylic acids is 1. The molecule has 13 nitrogen and oxygen atoms in total. The van der Waals surface area contributed by atoms with E-state index in [2.05, 4.69) is 15.4 Å². The maximum atomic E-state index is 13.1. The number of ether oxygens (including phenoxy) is 2. The largest absolute Gasteiger partial charge is 0.490 e. The molecule has 0 saturated heterocycles. The molecule has 3 aromatic rings. The van der Waals surface area contributed by atoms with Gasteiger partial charge in [-0.25, -0.2) is 9.93 Å². The number of halogens is 1. The van der Waals surface area contributed by atoms with E-state index in [9.17, 15) is 18.0 Å². The Kier molecular flexibility index (Phi) is 9.77. The number of rotatable bonds is 13. The summed E-state index contributed by atoms with van der Waals surface area (Å²) in [5, 5.41) is 27.9. The first-order valence-corrected chi connectivity index (χ1v) is 13.5. The fraction of sp³-hybridized carbons (Fsp3) is 0.160. The summed E-state index contributed by atoms with van der Waals surface area (Å²) >= 11 is 6.16. The quantitative estimate of drug-likeness (QED) is 0.115. The number of carbonyl (C=O) groups is 2. The second kappa shape index (κ2) is 13.0. The summed E-state index contributed by atoms with van der Waals surface area (Å²) in [6, 6.07) is 13.7. The summed E-state index contributed by atoms with van der Waals surface area (Å²) in [5.74, 6) is -1.70. The van der Waals surface area contributed by atoms with E-state index in [1.54, 1.807) is 43.3 Å². The number of benzene rings is 3. The predicted octanol–water partition coefficient (Wildman–Crippen LogP) is 2.97. The zero-order valence-electron chi connectivity index (χ0n) is 21.2. The van der Waals surface area contributed by atoms with E-state index in [1.807, 2.05) is 0 Å². The molecule has 0 radical (unpaired) electrons. The third kappa shape index (κ3) is 8.49. The van der Waals surface area contributed by atoms with Gasteiger partial charge in [0.15, 0.2) is 18.1 Å². The van der Waals surface area contributed by atoms with Crippen LogP contribution in [0.5, 0.6) is 11.5 Å². The lowest BCUT2D eigenvalue weighted by Gasteiger charge is -2.19. The highest BCUT2D eigenvalue weighted by Crippen LogP contribution is 2.36. The van der Waals surface area contributed by atoms with Crippen LogP contribution in [-0.2, 0) is 21.5 Å². The highest BCUT2D eigenvalue weighted by atomic mass is 35.5. The van der Waals surface area contributed by atoms with Crippen LogP contribution in [0.15, 0.2) is 54.6 Å². The van der Waals surface area contributed by atoms with E-state index in [0.717, 1.165) is 0 Å². The van der Waals surface area contributed by atoms with Gasteiger partial charge in [-0.2, -0.15) is 8.42 Å². The minimum atomic E-state index is -4.14. The third-order valence-electron chi connectivity index (χ3n) is 5.18. The van der Waals surface area contributed by atoms with E-state index in [0.29, 0.717) is 27.5 Å². The molecule has 0 aliphatic heterocycles. The van der Waals surface area contributed by atoms with Crippen LogP contribution in [0.2, 0.25) is 5.02 Å². The lowest BCUT2D eigenvalue weighted by Crippen LogP contribution is -2.22. The number of hydrogen-bond donors (Lipinski definition) is 7. The minimum Gasteiger partial charge on any atom is -0.490 e. The van der Waals surface area contributed by atoms with E-state index in [1.165, 1.54) is 18.2 Å². The first kappa shape index (κ1) is 30.0. The number of carbonyl (C=O) groups excluding carboxylic acids is 1. The molecular weight excluding hydrogens is 564 g/mol. The Bertz CT molecular complexity index is 1530. The summed E-state index contributed by atoms with van der Waals surface area (Å²) in [6.07, 6.45) is 0. The Morgan fingerprint density at radius 3 is 2.35 bits per heavy atom. The molecule has 0 aliphatic carbocycles. The van der Waals surface area contributed by atoms with Crippen molar-refractivity contribution in [1.82, 2.24) is 0 Å². The van der Waals surface area contributed by atoms with Crippen molar-refractivity contribution < 1.29 is 32.6 Å². The maximum absolute atomic E-state index is 13.1. The van der Waals surface area contributed by atoms with E-state index < -0.39 is 28.7 Å². The molecular formula is C25H27ClN6O7S. The van der Waals surface area contributed by atoms with Gasteiger partial charge in [0.25, 0.3) is 16.1 Å². The number of hydrogen-bond acceptors (Lipinski definition) is 8. The van der Waals surface area contributed by atoms with Crippen molar-refractivity contribution in [3.05, 3.63) is 76.3 Å². The standard InChI is InChI=1S/C25H27ClN6O7S/c1-2-38-21-11-18(32-40(29,36)37)9-15(23(21)39-13-22(33)34)12-30-20-8-5-16(26)10-19(20)25(35)31-17-6-3-14(4-7-17)24(27)28/h3-11,30,32H,2,12-13H2,1H3,(H3,27,28)(H,31,35)(H,33,34)(H2,29,36,37). The number of nitrogens with two attached hydrogens (primary N) is 2. The molecule has 0 bridgehead atoms. The fourth-order valence-electron chi connectivity index (χ4n) is 3.56. The Balaban J connectivity index is 1.94. The molecule has 212 valence electrons. The van der Waals surface area contributed by atoms with Gasteiger partial charge in [-0.3, -0.25) is 14.9 Å². The molecule has 0 aromatic heterocycles. The molecule has 1 amide bonds. The van der Waals surface area contributed by atoms with Crippen molar-refractivity contribution in [2.45, 2.75) is 13.5 Å². The summed E-state index contributed by atoms with van der Waals surface area (Å²) in [7, 11) is -4.14. The van der Waals surface area contributed by atoms with Crippen molar-refractivity contribution >= 4 is 56.6 Å². The minimum absolute atomic E-state index is 0.0495. The van der Waals surface area contributed by atoms with Crippen molar-refractivity contribution in [1.29, 1.82) is 5.41 Å². The van der Waals surface area contributed by atoms with Gasteiger partial charge >= 0.3 is 5.97 Å². The lowest BCUT2D eigenvalue weighted by atomic mass is 10.1. The van der Waals surface area contributed by atoms with Crippen LogP contribution < -0.4 is 35.7 Å². The summed E-state index contributed by atoms with van der Waals surface area (Å²) in [6.45, 7) is 1.12. The molecule has 0 heterocycles. The number of carboxylic acid groups (broad SMARTS) is 1. The van der Waals surface area contributed by atoms with Crippen LogP contribution in [0.3, 0.4) is 0 Å². The average molecular weight is 591 g/mol.